The summed E-state index contributed by atoms with van der Waals surface area (Å²) in [4.78, 5) is 13.2. The zero-order chi connectivity index (χ0) is 22.9. The molecule has 5 rings (SSSR count). The molecule has 0 atom stereocenters. The number of aromatic nitrogens is 1. The van der Waals surface area contributed by atoms with E-state index in [1.165, 1.54) is 0 Å². The van der Waals surface area contributed by atoms with E-state index in [4.69, 9.17) is 9.47 Å². The van der Waals surface area contributed by atoms with E-state index in [1.54, 1.807) is 7.11 Å². The average molecular weight is 438 g/mol. The summed E-state index contributed by atoms with van der Waals surface area (Å²) in [5.74, 6) is 0.560. The van der Waals surface area contributed by atoms with Gasteiger partial charge in [0.2, 0.25) is 0 Å². The lowest BCUT2D eigenvalue weighted by molar-refractivity contribution is 0.0502. The number of aryl methyl sites for hydroxylation is 1. The Morgan fingerprint density at radius 3 is 2.42 bits per heavy atom. The molecule has 5 aromatic rings. The van der Waals surface area contributed by atoms with Gasteiger partial charge in [0.15, 0.2) is 0 Å². The SMILES string of the molecule is CCCCOC(=O)c1cc2cc(-c3ccc(OC)cc3)ccc2c2c3ccccc3n(C)c12. The van der Waals surface area contributed by atoms with Gasteiger partial charge in [0.05, 0.1) is 24.8 Å². The Bertz CT molecular complexity index is 1480. The van der Waals surface area contributed by atoms with E-state index in [2.05, 4.69) is 54.0 Å². The van der Waals surface area contributed by atoms with Crippen molar-refractivity contribution in [2.45, 2.75) is 19.8 Å². The van der Waals surface area contributed by atoms with Crippen LogP contribution in [-0.2, 0) is 11.8 Å². The summed E-state index contributed by atoms with van der Waals surface area (Å²) in [6, 6.07) is 24.8. The van der Waals surface area contributed by atoms with Crippen LogP contribution in [0.3, 0.4) is 0 Å². The number of hydrogen-bond donors (Lipinski definition) is 0. The molecular formula is C29H27NO3. The molecule has 0 radical (unpaired) electrons. The third-order valence-electron chi connectivity index (χ3n) is 6.36. The molecule has 4 nitrogen and oxygen atoms in total. The molecule has 4 aromatic carbocycles. The van der Waals surface area contributed by atoms with Crippen molar-refractivity contribution in [1.29, 1.82) is 0 Å². The quantitative estimate of drug-likeness (QED) is 0.210. The highest BCUT2D eigenvalue weighted by Gasteiger charge is 2.20. The number of para-hydroxylation sites is 1. The molecule has 0 spiro atoms. The van der Waals surface area contributed by atoms with Gasteiger partial charge in [0, 0.05) is 23.3 Å². The molecule has 0 N–H and O–H groups in total. The number of esters is 1. The van der Waals surface area contributed by atoms with Crippen molar-refractivity contribution in [3.63, 3.8) is 0 Å². The molecule has 0 unspecified atom stereocenters. The van der Waals surface area contributed by atoms with Crippen molar-refractivity contribution in [2.75, 3.05) is 13.7 Å². The molecule has 0 bridgehead atoms. The van der Waals surface area contributed by atoms with Crippen molar-refractivity contribution in [3.8, 4) is 16.9 Å². The predicted molar refractivity (Wildman–Crippen MR) is 135 cm³/mol. The Balaban J connectivity index is 1.76. The van der Waals surface area contributed by atoms with Crippen LogP contribution in [0.25, 0.3) is 43.7 Å². The molecule has 0 aliphatic carbocycles. The molecule has 0 aliphatic heterocycles. The third kappa shape index (κ3) is 3.62. The summed E-state index contributed by atoms with van der Waals surface area (Å²) < 4.78 is 13.1. The first-order valence-electron chi connectivity index (χ1n) is 11.4. The van der Waals surface area contributed by atoms with Gasteiger partial charge in [-0.3, -0.25) is 0 Å². The topological polar surface area (TPSA) is 40.5 Å². The minimum absolute atomic E-state index is 0.267. The number of carbonyl (C=O) groups excluding carboxylic acids is 1. The van der Waals surface area contributed by atoms with Gasteiger partial charge in [-0.1, -0.05) is 55.8 Å². The van der Waals surface area contributed by atoms with Crippen LogP contribution in [0.4, 0.5) is 0 Å². The van der Waals surface area contributed by atoms with Gasteiger partial charge in [0.25, 0.3) is 0 Å². The predicted octanol–water partition coefficient (Wildman–Crippen LogP) is 7.12. The Morgan fingerprint density at radius 1 is 0.909 bits per heavy atom. The highest BCUT2D eigenvalue weighted by Crippen LogP contribution is 2.38. The standard InChI is InChI=1S/C29H27NO3/c1-4-5-16-33-29(31)25-18-21-17-20(19-10-13-22(32-3)14-11-19)12-15-23(21)27-24-8-6-7-9-26(24)30(2)28(25)27/h6-15,17-18H,4-5,16H2,1-3H3. The number of benzene rings is 4. The Kier molecular flexibility index (Phi) is 5.51. The van der Waals surface area contributed by atoms with Crippen LogP contribution in [0, 0.1) is 0 Å². The number of rotatable bonds is 6. The van der Waals surface area contributed by atoms with Crippen LogP contribution in [0.15, 0.2) is 72.8 Å². The largest absolute Gasteiger partial charge is 0.497 e. The Morgan fingerprint density at radius 2 is 1.67 bits per heavy atom. The molecule has 33 heavy (non-hydrogen) atoms. The van der Waals surface area contributed by atoms with Crippen molar-refractivity contribution in [1.82, 2.24) is 4.57 Å². The molecular weight excluding hydrogens is 410 g/mol. The monoisotopic (exact) mass is 437 g/mol. The van der Waals surface area contributed by atoms with Gasteiger partial charge in [-0.25, -0.2) is 4.79 Å². The lowest BCUT2D eigenvalue weighted by Gasteiger charge is -2.11. The lowest BCUT2D eigenvalue weighted by atomic mass is 9.96. The summed E-state index contributed by atoms with van der Waals surface area (Å²) in [7, 11) is 3.69. The number of hydrogen-bond acceptors (Lipinski definition) is 3. The molecule has 0 fully saturated rings. The van der Waals surface area contributed by atoms with Gasteiger partial charge in [-0.2, -0.15) is 0 Å². The molecule has 1 heterocycles. The van der Waals surface area contributed by atoms with Crippen molar-refractivity contribution >= 4 is 38.5 Å². The molecule has 1 aromatic heterocycles. The molecule has 4 heteroatoms. The first-order chi connectivity index (χ1) is 16.1. The molecule has 0 saturated heterocycles. The number of nitrogens with zero attached hydrogens (tertiary/aromatic N) is 1. The summed E-state index contributed by atoms with van der Waals surface area (Å²) in [6.07, 6.45) is 1.85. The van der Waals surface area contributed by atoms with Gasteiger partial charge in [-0.05, 0) is 58.7 Å². The number of fused-ring (bicyclic) bond motifs is 5. The maximum atomic E-state index is 13.2. The zero-order valence-corrected chi connectivity index (χ0v) is 19.2. The van der Waals surface area contributed by atoms with Crippen molar-refractivity contribution < 1.29 is 14.3 Å². The van der Waals surface area contributed by atoms with E-state index in [-0.39, 0.29) is 5.97 Å². The number of methoxy groups -OCH3 is 1. The maximum Gasteiger partial charge on any atom is 0.340 e. The van der Waals surface area contributed by atoms with E-state index in [9.17, 15) is 4.79 Å². The summed E-state index contributed by atoms with van der Waals surface area (Å²) in [6.45, 7) is 2.53. The van der Waals surface area contributed by atoms with Crippen molar-refractivity contribution in [2.24, 2.45) is 7.05 Å². The van der Waals surface area contributed by atoms with Crippen LogP contribution in [0.1, 0.15) is 30.1 Å². The van der Waals surface area contributed by atoms with E-state index in [0.717, 1.165) is 62.3 Å². The Hall–Kier alpha value is -3.79. The fourth-order valence-corrected chi connectivity index (χ4v) is 4.62. The first kappa shape index (κ1) is 21.1. The smallest absolute Gasteiger partial charge is 0.340 e. The summed E-state index contributed by atoms with van der Waals surface area (Å²) in [5.41, 5.74) is 4.82. The molecule has 0 amide bonds. The van der Waals surface area contributed by atoms with Crippen LogP contribution in [0.2, 0.25) is 0 Å². The van der Waals surface area contributed by atoms with Crippen LogP contribution in [-0.4, -0.2) is 24.3 Å². The van der Waals surface area contributed by atoms with Crippen LogP contribution >= 0.6 is 0 Å². The molecule has 0 saturated carbocycles. The second kappa shape index (κ2) is 8.62. The third-order valence-corrected chi connectivity index (χ3v) is 6.36. The van der Waals surface area contributed by atoms with Crippen LogP contribution < -0.4 is 4.74 Å². The lowest BCUT2D eigenvalue weighted by Crippen LogP contribution is -2.08. The fraction of sp³-hybridized carbons (Fsp3) is 0.207. The van der Waals surface area contributed by atoms with Crippen LogP contribution in [0.5, 0.6) is 5.75 Å². The van der Waals surface area contributed by atoms with E-state index in [1.807, 2.05) is 37.4 Å². The second-order valence-corrected chi connectivity index (χ2v) is 8.38. The van der Waals surface area contributed by atoms with Gasteiger partial charge in [0.1, 0.15) is 5.75 Å². The number of unbranched alkanes of at least 4 members (excludes halogenated alkanes) is 1. The molecule has 0 aliphatic rings. The highest BCUT2D eigenvalue weighted by atomic mass is 16.5. The Labute approximate surface area is 193 Å². The van der Waals surface area contributed by atoms with E-state index < -0.39 is 0 Å². The molecule has 166 valence electrons. The maximum absolute atomic E-state index is 13.2. The average Bonchev–Trinajstić information content (AvgIpc) is 3.16. The van der Waals surface area contributed by atoms with Crippen molar-refractivity contribution in [3.05, 3.63) is 78.4 Å². The second-order valence-electron chi connectivity index (χ2n) is 8.38. The number of ether oxygens (including phenoxy) is 2. The zero-order valence-electron chi connectivity index (χ0n) is 19.2. The minimum Gasteiger partial charge on any atom is -0.497 e. The van der Waals surface area contributed by atoms with Gasteiger partial charge < -0.3 is 14.0 Å². The van der Waals surface area contributed by atoms with Gasteiger partial charge >= 0.3 is 5.97 Å². The van der Waals surface area contributed by atoms with Gasteiger partial charge in [-0.15, -0.1) is 0 Å². The van der Waals surface area contributed by atoms with E-state index >= 15 is 0 Å². The normalized spacial score (nSPS) is 11.4. The summed E-state index contributed by atoms with van der Waals surface area (Å²) >= 11 is 0. The fourth-order valence-electron chi connectivity index (χ4n) is 4.62. The minimum atomic E-state index is -0.267. The number of carbonyl (C=O) groups is 1. The van der Waals surface area contributed by atoms with E-state index in [0.29, 0.717) is 12.2 Å². The highest BCUT2D eigenvalue weighted by molar-refractivity contribution is 6.25. The summed E-state index contributed by atoms with van der Waals surface area (Å²) in [5, 5.41) is 4.38. The first-order valence-corrected chi connectivity index (χ1v) is 11.4.